The Kier molecular flexibility index (Phi) is 3.83. The van der Waals surface area contributed by atoms with Crippen molar-refractivity contribution in [1.82, 2.24) is 20.2 Å². The van der Waals surface area contributed by atoms with Crippen molar-refractivity contribution in [3.8, 4) is 5.69 Å². The Balaban J connectivity index is 2.02. The van der Waals surface area contributed by atoms with Crippen LogP contribution in [0.4, 0.5) is 5.69 Å². The van der Waals surface area contributed by atoms with Crippen LogP contribution in [0.15, 0.2) is 53.7 Å². The minimum Gasteiger partial charge on any atom is -0.277 e. The molecule has 0 aliphatic rings. The molecule has 118 valence electrons. The zero-order valence-corrected chi connectivity index (χ0v) is 13.4. The summed E-state index contributed by atoms with van der Waals surface area (Å²) in [5, 5.41) is 10.9. The van der Waals surface area contributed by atoms with Gasteiger partial charge in [0, 0.05) is 0 Å². The highest BCUT2D eigenvalue weighted by Gasteiger charge is 2.19. The second-order valence-corrected chi connectivity index (χ2v) is 6.80. The number of aryl methyl sites for hydroxylation is 2. The SMILES string of the molecule is Cc1ccc(S(=O)(=O)Nc2ccccc2-n2cnnn2)c(C)c1. The maximum atomic E-state index is 12.7. The van der Waals surface area contributed by atoms with Crippen molar-refractivity contribution in [3.05, 3.63) is 59.9 Å². The van der Waals surface area contributed by atoms with E-state index in [9.17, 15) is 8.42 Å². The van der Waals surface area contributed by atoms with E-state index in [0.717, 1.165) is 5.56 Å². The van der Waals surface area contributed by atoms with Gasteiger partial charge in [-0.15, -0.1) is 5.10 Å². The molecule has 0 saturated heterocycles. The van der Waals surface area contributed by atoms with Gasteiger partial charge in [-0.3, -0.25) is 4.72 Å². The minimum atomic E-state index is -3.71. The molecule has 0 aliphatic heterocycles. The smallest absolute Gasteiger partial charge is 0.262 e. The normalized spacial score (nSPS) is 11.4. The van der Waals surface area contributed by atoms with Crippen molar-refractivity contribution in [2.24, 2.45) is 0 Å². The van der Waals surface area contributed by atoms with Crippen molar-refractivity contribution in [1.29, 1.82) is 0 Å². The number of para-hydroxylation sites is 2. The number of anilines is 1. The van der Waals surface area contributed by atoms with Crippen LogP contribution in [0.2, 0.25) is 0 Å². The molecule has 0 aliphatic carbocycles. The summed E-state index contributed by atoms with van der Waals surface area (Å²) in [6.07, 6.45) is 1.41. The zero-order chi connectivity index (χ0) is 16.4. The van der Waals surface area contributed by atoms with E-state index in [0.29, 0.717) is 16.9 Å². The van der Waals surface area contributed by atoms with Gasteiger partial charge in [-0.25, -0.2) is 8.42 Å². The highest BCUT2D eigenvalue weighted by Crippen LogP contribution is 2.24. The van der Waals surface area contributed by atoms with Gasteiger partial charge in [0.05, 0.1) is 16.3 Å². The van der Waals surface area contributed by atoms with Crippen molar-refractivity contribution < 1.29 is 8.42 Å². The number of nitrogens with one attached hydrogen (secondary N) is 1. The first-order valence-electron chi connectivity index (χ1n) is 6.90. The molecule has 0 radical (unpaired) electrons. The van der Waals surface area contributed by atoms with E-state index in [1.165, 1.54) is 11.0 Å². The third kappa shape index (κ3) is 3.07. The Morgan fingerprint density at radius 3 is 2.57 bits per heavy atom. The van der Waals surface area contributed by atoms with E-state index in [-0.39, 0.29) is 4.90 Å². The first kappa shape index (κ1) is 15.2. The van der Waals surface area contributed by atoms with E-state index < -0.39 is 10.0 Å². The predicted octanol–water partition coefficient (Wildman–Crippen LogP) is 2.08. The second kappa shape index (κ2) is 5.81. The van der Waals surface area contributed by atoms with Gasteiger partial charge in [0.25, 0.3) is 10.0 Å². The monoisotopic (exact) mass is 329 g/mol. The number of tetrazole rings is 1. The van der Waals surface area contributed by atoms with Gasteiger partial charge < -0.3 is 0 Å². The first-order chi connectivity index (χ1) is 11.0. The summed E-state index contributed by atoms with van der Waals surface area (Å²) in [4.78, 5) is 0.245. The first-order valence-corrected chi connectivity index (χ1v) is 8.38. The van der Waals surface area contributed by atoms with Gasteiger partial charge in [-0.1, -0.05) is 29.8 Å². The summed E-state index contributed by atoms with van der Waals surface area (Å²) in [5.41, 5.74) is 2.65. The number of nitrogens with zero attached hydrogens (tertiary/aromatic N) is 4. The Morgan fingerprint density at radius 1 is 1.09 bits per heavy atom. The van der Waals surface area contributed by atoms with Gasteiger partial charge in [0.1, 0.15) is 6.33 Å². The summed E-state index contributed by atoms with van der Waals surface area (Å²) in [5.74, 6) is 0. The molecule has 3 aromatic rings. The van der Waals surface area contributed by atoms with E-state index in [1.807, 2.05) is 13.0 Å². The molecule has 0 saturated carbocycles. The van der Waals surface area contributed by atoms with E-state index in [1.54, 1.807) is 43.3 Å². The molecule has 0 spiro atoms. The molecule has 0 fully saturated rings. The van der Waals surface area contributed by atoms with Crippen molar-refractivity contribution in [2.75, 3.05) is 4.72 Å². The number of hydrogen-bond donors (Lipinski definition) is 1. The summed E-state index contributed by atoms with van der Waals surface area (Å²) in [6.45, 7) is 3.69. The molecule has 3 rings (SSSR count). The third-order valence-electron chi connectivity index (χ3n) is 3.36. The lowest BCUT2D eigenvalue weighted by Gasteiger charge is -2.13. The van der Waals surface area contributed by atoms with Gasteiger partial charge in [0.2, 0.25) is 0 Å². The third-order valence-corrected chi connectivity index (χ3v) is 4.89. The molecule has 1 aromatic heterocycles. The lowest BCUT2D eigenvalue weighted by molar-refractivity contribution is 0.600. The van der Waals surface area contributed by atoms with Crippen LogP contribution in [0.25, 0.3) is 5.69 Å². The largest absolute Gasteiger partial charge is 0.277 e. The Hall–Kier alpha value is -2.74. The van der Waals surface area contributed by atoms with Crippen LogP contribution in [0.3, 0.4) is 0 Å². The number of sulfonamides is 1. The molecule has 0 bridgehead atoms. The number of rotatable bonds is 4. The van der Waals surface area contributed by atoms with Crippen LogP contribution < -0.4 is 4.72 Å². The van der Waals surface area contributed by atoms with Crippen LogP contribution in [-0.2, 0) is 10.0 Å². The summed E-state index contributed by atoms with van der Waals surface area (Å²) in [6, 6.07) is 12.1. The molecule has 2 aromatic carbocycles. The Morgan fingerprint density at radius 2 is 1.87 bits per heavy atom. The summed E-state index contributed by atoms with van der Waals surface area (Å²) >= 11 is 0. The lowest BCUT2D eigenvalue weighted by Crippen LogP contribution is -2.16. The van der Waals surface area contributed by atoms with Crippen LogP contribution >= 0.6 is 0 Å². The molecule has 23 heavy (non-hydrogen) atoms. The Labute approximate surface area is 134 Å². The molecule has 1 N–H and O–H groups in total. The summed E-state index contributed by atoms with van der Waals surface area (Å²) < 4.78 is 29.4. The zero-order valence-electron chi connectivity index (χ0n) is 12.6. The van der Waals surface area contributed by atoms with Gasteiger partial charge in [-0.2, -0.15) is 4.68 Å². The fraction of sp³-hybridized carbons (Fsp3) is 0.133. The van der Waals surface area contributed by atoms with E-state index in [2.05, 4.69) is 20.2 Å². The van der Waals surface area contributed by atoms with Gasteiger partial charge in [-0.05, 0) is 48.0 Å². The average molecular weight is 329 g/mol. The van der Waals surface area contributed by atoms with Crippen LogP contribution in [0, 0.1) is 13.8 Å². The molecule has 0 amide bonds. The standard InChI is InChI=1S/C15H15N5O2S/c1-11-7-8-15(12(2)9-11)23(21,22)17-13-5-3-4-6-14(13)20-10-16-18-19-20/h3-10,17H,1-2H3. The predicted molar refractivity (Wildman–Crippen MR) is 85.9 cm³/mol. The second-order valence-electron chi connectivity index (χ2n) is 5.15. The van der Waals surface area contributed by atoms with Crippen molar-refractivity contribution >= 4 is 15.7 Å². The maximum absolute atomic E-state index is 12.7. The number of hydrogen-bond acceptors (Lipinski definition) is 5. The number of aromatic nitrogens is 4. The highest BCUT2D eigenvalue weighted by atomic mass is 32.2. The quantitative estimate of drug-likeness (QED) is 0.791. The molecular formula is C15H15N5O2S. The van der Waals surface area contributed by atoms with Crippen molar-refractivity contribution in [2.45, 2.75) is 18.7 Å². The van der Waals surface area contributed by atoms with Crippen LogP contribution in [0.5, 0.6) is 0 Å². The molecule has 7 nitrogen and oxygen atoms in total. The van der Waals surface area contributed by atoms with Crippen LogP contribution in [-0.4, -0.2) is 28.6 Å². The highest BCUT2D eigenvalue weighted by molar-refractivity contribution is 7.92. The molecule has 1 heterocycles. The fourth-order valence-corrected chi connectivity index (χ4v) is 3.63. The van der Waals surface area contributed by atoms with E-state index >= 15 is 0 Å². The topological polar surface area (TPSA) is 89.8 Å². The average Bonchev–Trinajstić information content (AvgIpc) is 3.01. The van der Waals surface area contributed by atoms with Gasteiger partial charge >= 0.3 is 0 Å². The summed E-state index contributed by atoms with van der Waals surface area (Å²) in [7, 11) is -3.71. The fourth-order valence-electron chi connectivity index (χ4n) is 2.33. The Bertz CT molecular complexity index is 936. The van der Waals surface area contributed by atoms with Gasteiger partial charge in [0.15, 0.2) is 0 Å². The molecule has 0 unspecified atom stereocenters. The number of benzene rings is 2. The maximum Gasteiger partial charge on any atom is 0.262 e. The van der Waals surface area contributed by atoms with Crippen molar-refractivity contribution in [3.63, 3.8) is 0 Å². The lowest BCUT2D eigenvalue weighted by atomic mass is 10.2. The molecular weight excluding hydrogens is 314 g/mol. The van der Waals surface area contributed by atoms with E-state index in [4.69, 9.17) is 0 Å². The minimum absolute atomic E-state index is 0.245. The van der Waals surface area contributed by atoms with Crippen LogP contribution in [0.1, 0.15) is 11.1 Å². The molecule has 0 atom stereocenters. The molecule has 8 heteroatoms.